The zero-order valence-corrected chi connectivity index (χ0v) is 16.1. The summed E-state index contributed by atoms with van der Waals surface area (Å²) < 4.78 is 33.5. The summed E-state index contributed by atoms with van der Waals surface area (Å²) in [6.45, 7) is -3.12. The molecule has 2 atom stereocenters. The molecule has 8 nitrogen and oxygen atoms in total. The highest BCUT2D eigenvalue weighted by molar-refractivity contribution is 6.31. The number of nitrogens with one attached hydrogen (secondary N) is 1. The van der Waals surface area contributed by atoms with Crippen LogP contribution >= 0.6 is 11.6 Å². The first-order chi connectivity index (χ1) is 14.4. The number of fused-ring (bicyclic) bond motifs is 10. The Labute approximate surface area is 172 Å². The molecule has 1 amide bonds. The number of ether oxygens (including phenoxy) is 1. The third kappa shape index (κ3) is 2.23. The van der Waals surface area contributed by atoms with E-state index in [1.54, 1.807) is 30.1 Å². The molecule has 30 heavy (non-hydrogen) atoms. The van der Waals surface area contributed by atoms with Crippen LogP contribution < -0.4 is 20.1 Å². The molecule has 2 aromatic carbocycles. The van der Waals surface area contributed by atoms with Crippen molar-refractivity contribution in [3.63, 3.8) is 0 Å². The number of rotatable bonds is 2. The van der Waals surface area contributed by atoms with Crippen molar-refractivity contribution in [2.75, 3.05) is 7.05 Å². The third-order valence-electron chi connectivity index (χ3n) is 5.83. The lowest BCUT2D eigenvalue weighted by Crippen LogP contribution is -2.30. The number of alkyl halides is 2. The molecule has 2 bridgehead atoms. The summed E-state index contributed by atoms with van der Waals surface area (Å²) >= 11 is 6.21. The number of nitrogens with zero attached hydrogens (tertiary/aromatic N) is 3. The second kappa shape index (κ2) is 5.96. The molecule has 0 aliphatic carbocycles. The minimum absolute atomic E-state index is 0.0288. The van der Waals surface area contributed by atoms with Crippen molar-refractivity contribution in [3.8, 4) is 17.2 Å². The van der Waals surface area contributed by atoms with E-state index < -0.39 is 12.7 Å². The lowest BCUT2D eigenvalue weighted by molar-refractivity contribution is -0.0540. The van der Waals surface area contributed by atoms with Gasteiger partial charge < -0.3 is 23.9 Å². The van der Waals surface area contributed by atoms with E-state index in [2.05, 4.69) is 5.64 Å². The number of amides is 1. The second-order valence-corrected chi connectivity index (χ2v) is 7.75. The topological polar surface area (TPSA) is 77.9 Å². The van der Waals surface area contributed by atoms with E-state index in [0.29, 0.717) is 28.3 Å². The second-order valence-electron chi connectivity index (χ2n) is 7.32. The minimum atomic E-state index is -3.12. The van der Waals surface area contributed by atoms with Gasteiger partial charge in [-0.1, -0.05) is 11.6 Å². The van der Waals surface area contributed by atoms with Gasteiger partial charge in [0.25, 0.3) is 5.91 Å². The number of carbonyl (C=O) groups excluding carboxylic acids is 1. The van der Waals surface area contributed by atoms with Crippen molar-refractivity contribution in [1.82, 2.24) is 20.1 Å². The molecule has 0 saturated carbocycles. The summed E-state index contributed by atoms with van der Waals surface area (Å²) in [5, 5.41) is 0.521. The fourth-order valence-corrected chi connectivity index (χ4v) is 4.77. The van der Waals surface area contributed by atoms with Gasteiger partial charge in [0.1, 0.15) is 5.82 Å². The first-order valence-corrected chi connectivity index (χ1v) is 9.50. The highest BCUT2D eigenvalue weighted by atomic mass is 35.5. The molecule has 154 valence electrons. The minimum Gasteiger partial charge on any atom is -0.430 e. The van der Waals surface area contributed by atoms with Crippen LogP contribution in [0.15, 0.2) is 24.3 Å². The number of halogens is 3. The molecule has 0 radical (unpaired) electrons. The third-order valence-corrected chi connectivity index (χ3v) is 6.06. The van der Waals surface area contributed by atoms with Crippen molar-refractivity contribution in [3.05, 3.63) is 46.2 Å². The predicted molar refractivity (Wildman–Crippen MR) is 99.8 cm³/mol. The van der Waals surface area contributed by atoms with Crippen LogP contribution in [0.3, 0.4) is 0 Å². The standard InChI is InChI=1S/C19H13ClF2N4O4/c1-25-12-6-11(26-10-4-7(20)2-3-9(10)23-17(12)26)14-8(18(25)27)5-13-15(30-24-29-13)16(14)28-19(21)22/h2-5,11-12,19,24H,6H2,1H3/t11-,12-/m1/s1. The normalized spacial score (nSPS) is 21.2. The Hall–Kier alpha value is -3.11. The molecule has 6 rings (SSSR count). The number of imidazole rings is 1. The van der Waals surface area contributed by atoms with Gasteiger partial charge in [0, 0.05) is 35.8 Å². The SMILES string of the molecule is CN1C(=O)c2cc3c(c(OC(F)F)c2[C@H]2C[C@@H]1c1nc4ccc(Cl)cc4n12)ONO3. The summed E-state index contributed by atoms with van der Waals surface area (Å²) in [5.74, 6) is 0.164. The summed E-state index contributed by atoms with van der Waals surface area (Å²) in [7, 11) is 1.66. The predicted octanol–water partition coefficient (Wildman–Crippen LogP) is 3.60. The highest BCUT2D eigenvalue weighted by Crippen LogP contribution is 2.55. The largest absolute Gasteiger partial charge is 0.430 e. The van der Waals surface area contributed by atoms with E-state index in [1.807, 2.05) is 4.57 Å². The van der Waals surface area contributed by atoms with Crippen molar-refractivity contribution in [2.45, 2.75) is 25.1 Å². The fraction of sp³-hybridized carbons (Fsp3) is 0.263. The molecule has 1 aromatic heterocycles. The van der Waals surface area contributed by atoms with E-state index in [-0.39, 0.29) is 34.8 Å². The van der Waals surface area contributed by atoms with Crippen LogP contribution in [0, 0.1) is 0 Å². The van der Waals surface area contributed by atoms with Crippen molar-refractivity contribution >= 4 is 28.5 Å². The zero-order chi connectivity index (χ0) is 20.7. The van der Waals surface area contributed by atoms with Crippen molar-refractivity contribution in [1.29, 1.82) is 0 Å². The number of carbonyl (C=O) groups is 1. The van der Waals surface area contributed by atoms with E-state index in [1.165, 1.54) is 6.07 Å². The van der Waals surface area contributed by atoms with Gasteiger partial charge in [0.15, 0.2) is 5.75 Å². The first kappa shape index (κ1) is 17.7. The molecule has 1 N–H and O–H groups in total. The number of hydrogen-bond donors (Lipinski definition) is 1. The Kier molecular flexibility index (Phi) is 3.52. The van der Waals surface area contributed by atoms with Crippen LogP contribution in [-0.2, 0) is 0 Å². The van der Waals surface area contributed by atoms with Crippen LogP contribution in [0.4, 0.5) is 8.78 Å². The van der Waals surface area contributed by atoms with Crippen LogP contribution in [0.2, 0.25) is 5.02 Å². The Bertz CT molecular complexity index is 1250. The maximum atomic E-state index is 13.3. The molecule has 4 heterocycles. The quantitative estimate of drug-likeness (QED) is 0.664. The van der Waals surface area contributed by atoms with Crippen molar-refractivity contribution < 1.29 is 28.0 Å². The zero-order valence-electron chi connectivity index (χ0n) is 15.4. The van der Waals surface area contributed by atoms with Gasteiger partial charge in [-0.25, -0.2) is 4.98 Å². The lowest BCUT2D eigenvalue weighted by Gasteiger charge is -2.25. The van der Waals surface area contributed by atoms with E-state index in [9.17, 15) is 13.6 Å². The molecule has 0 saturated heterocycles. The molecule has 0 spiro atoms. The average Bonchev–Trinajstić information content (AvgIpc) is 3.38. The highest BCUT2D eigenvalue weighted by Gasteiger charge is 2.47. The fourth-order valence-electron chi connectivity index (χ4n) is 4.60. The van der Waals surface area contributed by atoms with Gasteiger partial charge in [-0.15, -0.1) is 0 Å². The van der Waals surface area contributed by atoms with Gasteiger partial charge in [-0.2, -0.15) is 8.78 Å². The summed E-state index contributed by atoms with van der Waals surface area (Å²) in [6.07, 6.45) is 0.451. The lowest BCUT2D eigenvalue weighted by atomic mass is 9.96. The molecule has 3 aliphatic rings. The van der Waals surface area contributed by atoms with E-state index in [0.717, 1.165) is 5.52 Å². The first-order valence-electron chi connectivity index (χ1n) is 9.13. The average molecular weight is 435 g/mol. The summed E-state index contributed by atoms with van der Waals surface area (Å²) in [4.78, 5) is 29.8. The molecular weight excluding hydrogens is 422 g/mol. The Balaban J connectivity index is 1.69. The molecule has 3 aliphatic heterocycles. The monoisotopic (exact) mass is 434 g/mol. The number of hydrogen-bond acceptors (Lipinski definition) is 6. The Morgan fingerprint density at radius 2 is 2.13 bits per heavy atom. The molecule has 0 fully saturated rings. The summed E-state index contributed by atoms with van der Waals surface area (Å²) in [6, 6.07) is 5.95. The van der Waals surface area contributed by atoms with Gasteiger partial charge in [-0.05, 0) is 18.2 Å². The summed E-state index contributed by atoms with van der Waals surface area (Å²) in [5.41, 5.74) is 4.14. The smallest absolute Gasteiger partial charge is 0.387 e. The van der Waals surface area contributed by atoms with Gasteiger partial charge in [0.2, 0.25) is 11.5 Å². The van der Waals surface area contributed by atoms with E-state index >= 15 is 0 Å². The number of benzene rings is 2. The Morgan fingerprint density at radius 1 is 1.30 bits per heavy atom. The van der Waals surface area contributed by atoms with Crippen LogP contribution in [0.1, 0.15) is 40.3 Å². The van der Waals surface area contributed by atoms with E-state index in [4.69, 9.17) is 31.0 Å². The molecular formula is C19H13ClF2N4O4. The Morgan fingerprint density at radius 3 is 2.93 bits per heavy atom. The molecule has 3 aromatic rings. The van der Waals surface area contributed by atoms with Crippen LogP contribution in [-0.4, -0.2) is 34.0 Å². The molecule has 11 heteroatoms. The number of aromatic nitrogens is 2. The maximum absolute atomic E-state index is 13.3. The maximum Gasteiger partial charge on any atom is 0.387 e. The van der Waals surface area contributed by atoms with Crippen LogP contribution in [0.25, 0.3) is 11.0 Å². The van der Waals surface area contributed by atoms with Gasteiger partial charge in [-0.3, -0.25) is 4.79 Å². The van der Waals surface area contributed by atoms with Crippen molar-refractivity contribution in [2.24, 2.45) is 0 Å². The van der Waals surface area contributed by atoms with Gasteiger partial charge in [0.05, 0.1) is 28.7 Å². The van der Waals surface area contributed by atoms with Crippen LogP contribution in [0.5, 0.6) is 17.2 Å². The molecule has 0 unspecified atom stereocenters. The van der Waals surface area contributed by atoms with Gasteiger partial charge >= 0.3 is 6.61 Å².